The Bertz CT molecular complexity index is 825. The fourth-order valence-corrected chi connectivity index (χ4v) is 2.23. The van der Waals surface area contributed by atoms with Gasteiger partial charge in [-0.2, -0.15) is 0 Å². The number of benzene rings is 2. The molecule has 3 amide bonds. The van der Waals surface area contributed by atoms with E-state index in [1.54, 1.807) is 18.2 Å². The number of anilines is 2. The average molecular weight is 380 g/mol. The van der Waals surface area contributed by atoms with Gasteiger partial charge < -0.3 is 16.0 Å². The zero-order valence-corrected chi connectivity index (χ0v) is 14.7. The molecule has 0 atom stereocenters. The van der Waals surface area contributed by atoms with Gasteiger partial charge in [-0.3, -0.25) is 14.4 Å². The largest absolute Gasteiger partial charge is 0.339 e. The second-order valence-electron chi connectivity index (χ2n) is 5.18. The van der Waals surface area contributed by atoms with E-state index >= 15 is 0 Å². The van der Waals surface area contributed by atoms with Crippen molar-refractivity contribution in [3.8, 4) is 0 Å². The lowest BCUT2D eigenvalue weighted by molar-refractivity contribution is -0.136. The van der Waals surface area contributed by atoms with Crippen LogP contribution < -0.4 is 16.0 Å². The molecule has 0 aliphatic rings. The first-order valence-electron chi connectivity index (χ1n) is 7.26. The van der Waals surface area contributed by atoms with E-state index in [2.05, 4.69) is 16.0 Å². The molecule has 0 saturated carbocycles. The third-order valence-corrected chi connectivity index (χ3v) is 3.83. The van der Waals surface area contributed by atoms with E-state index in [1.165, 1.54) is 18.2 Å². The van der Waals surface area contributed by atoms with Crippen LogP contribution in [-0.4, -0.2) is 24.3 Å². The summed E-state index contributed by atoms with van der Waals surface area (Å²) in [5, 5.41) is 7.81. The third kappa shape index (κ3) is 5.77. The first kappa shape index (κ1) is 18.8. The summed E-state index contributed by atoms with van der Waals surface area (Å²) < 4.78 is 0. The number of nitrogens with one attached hydrogen (secondary N) is 3. The molecule has 3 N–H and O–H groups in total. The van der Waals surface area contributed by atoms with E-state index < -0.39 is 17.7 Å². The summed E-state index contributed by atoms with van der Waals surface area (Å²) in [6, 6.07) is 11.6. The number of amides is 3. The van der Waals surface area contributed by atoms with Gasteiger partial charge in [-0.25, -0.2) is 0 Å². The van der Waals surface area contributed by atoms with Crippen molar-refractivity contribution in [2.75, 3.05) is 17.2 Å². The first-order chi connectivity index (χ1) is 11.8. The van der Waals surface area contributed by atoms with Crippen LogP contribution in [0.15, 0.2) is 42.5 Å². The minimum absolute atomic E-state index is 0.248. The standard InChI is InChI=1S/C17H15Cl2N3O3/c1-10-3-2-4-11(7-10)21-15(23)9-20-16(24)17(25)22-12-5-6-13(18)14(19)8-12/h2-8H,9H2,1H3,(H,20,24)(H,21,23)(H,22,25). The van der Waals surface area contributed by atoms with Gasteiger partial charge in [0.15, 0.2) is 0 Å². The number of carbonyl (C=O) groups is 3. The number of aryl methyl sites for hydroxylation is 1. The van der Waals surface area contributed by atoms with E-state index in [9.17, 15) is 14.4 Å². The van der Waals surface area contributed by atoms with Crippen LogP contribution in [0.2, 0.25) is 10.0 Å². The van der Waals surface area contributed by atoms with Gasteiger partial charge in [0.05, 0.1) is 16.6 Å². The van der Waals surface area contributed by atoms with Gasteiger partial charge in [0.25, 0.3) is 0 Å². The minimum atomic E-state index is -0.939. The number of rotatable bonds is 4. The molecule has 0 aliphatic carbocycles. The van der Waals surface area contributed by atoms with E-state index in [0.717, 1.165) is 5.56 Å². The fourth-order valence-electron chi connectivity index (χ4n) is 1.93. The maximum absolute atomic E-state index is 11.8. The summed E-state index contributed by atoms with van der Waals surface area (Å²) in [6.07, 6.45) is 0. The average Bonchev–Trinajstić information content (AvgIpc) is 2.56. The molecular formula is C17H15Cl2N3O3. The lowest BCUT2D eigenvalue weighted by Crippen LogP contribution is -2.39. The van der Waals surface area contributed by atoms with E-state index in [1.807, 2.05) is 13.0 Å². The highest BCUT2D eigenvalue weighted by atomic mass is 35.5. The van der Waals surface area contributed by atoms with Gasteiger partial charge in [0.1, 0.15) is 0 Å². The second-order valence-corrected chi connectivity index (χ2v) is 6.00. The highest BCUT2D eigenvalue weighted by Crippen LogP contribution is 2.24. The van der Waals surface area contributed by atoms with Gasteiger partial charge >= 0.3 is 11.8 Å². The molecule has 0 heterocycles. The minimum Gasteiger partial charge on any atom is -0.339 e. The number of hydrogen-bond acceptors (Lipinski definition) is 3. The van der Waals surface area contributed by atoms with Crippen molar-refractivity contribution < 1.29 is 14.4 Å². The molecular weight excluding hydrogens is 365 g/mol. The van der Waals surface area contributed by atoms with Crippen LogP contribution in [0.3, 0.4) is 0 Å². The van der Waals surface area contributed by atoms with E-state index in [0.29, 0.717) is 16.4 Å². The molecule has 130 valence electrons. The molecule has 8 heteroatoms. The summed E-state index contributed by atoms with van der Waals surface area (Å²) in [4.78, 5) is 35.3. The van der Waals surface area contributed by atoms with Crippen molar-refractivity contribution in [2.24, 2.45) is 0 Å². The van der Waals surface area contributed by atoms with Crippen LogP contribution >= 0.6 is 23.2 Å². The predicted octanol–water partition coefficient (Wildman–Crippen LogP) is 3.00. The van der Waals surface area contributed by atoms with Crippen molar-refractivity contribution >= 4 is 52.3 Å². The van der Waals surface area contributed by atoms with Crippen LogP contribution in [0, 0.1) is 6.92 Å². The topological polar surface area (TPSA) is 87.3 Å². The zero-order valence-electron chi connectivity index (χ0n) is 13.2. The van der Waals surface area contributed by atoms with Crippen molar-refractivity contribution in [2.45, 2.75) is 6.92 Å². The number of carbonyl (C=O) groups excluding carboxylic acids is 3. The lowest BCUT2D eigenvalue weighted by atomic mass is 10.2. The molecule has 0 aromatic heterocycles. The van der Waals surface area contributed by atoms with Gasteiger partial charge in [0.2, 0.25) is 5.91 Å². The Hall–Kier alpha value is -2.57. The normalized spacial score (nSPS) is 10.0. The van der Waals surface area contributed by atoms with Crippen LogP contribution in [0.4, 0.5) is 11.4 Å². The highest BCUT2D eigenvalue weighted by Gasteiger charge is 2.15. The molecule has 0 radical (unpaired) electrons. The van der Waals surface area contributed by atoms with Gasteiger partial charge in [-0.1, -0.05) is 35.3 Å². The fraction of sp³-hybridized carbons (Fsp3) is 0.118. The van der Waals surface area contributed by atoms with E-state index in [-0.39, 0.29) is 11.6 Å². The van der Waals surface area contributed by atoms with Crippen molar-refractivity contribution in [3.63, 3.8) is 0 Å². The van der Waals surface area contributed by atoms with Crippen LogP contribution in [-0.2, 0) is 14.4 Å². The molecule has 0 unspecified atom stereocenters. The van der Waals surface area contributed by atoms with Crippen molar-refractivity contribution in [3.05, 3.63) is 58.1 Å². The Morgan fingerprint density at radius 1 is 0.880 bits per heavy atom. The lowest BCUT2D eigenvalue weighted by Gasteiger charge is -2.08. The summed E-state index contributed by atoms with van der Waals surface area (Å²) in [5.41, 5.74) is 1.92. The maximum Gasteiger partial charge on any atom is 0.313 e. The predicted molar refractivity (Wildman–Crippen MR) is 97.9 cm³/mol. The molecule has 0 fully saturated rings. The molecule has 6 nitrogen and oxygen atoms in total. The number of halogens is 2. The molecule has 25 heavy (non-hydrogen) atoms. The smallest absolute Gasteiger partial charge is 0.313 e. The Kier molecular flexibility index (Phi) is 6.38. The third-order valence-electron chi connectivity index (χ3n) is 3.10. The van der Waals surface area contributed by atoms with Gasteiger partial charge in [-0.15, -0.1) is 0 Å². The highest BCUT2D eigenvalue weighted by molar-refractivity contribution is 6.43. The number of hydrogen-bond donors (Lipinski definition) is 3. The quantitative estimate of drug-likeness (QED) is 0.713. The Labute approximate surface area is 154 Å². The summed E-state index contributed by atoms with van der Waals surface area (Å²) in [7, 11) is 0. The Balaban J connectivity index is 1.83. The Morgan fingerprint density at radius 2 is 1.60 bits per heavy atom. The summed E-state index contributed by atoms with van der Waals surface area (Å²) in [5.74, 6) is -2.30. The summed E-state index contributed by atoms with van der Waals surface area (Å²) >= 11 is 11.6. The molecule has 2 aromatic rings. The van der Waals surface area contributed by atoms with E-state index in [4.69, 9.17) is 23.2 Å². The first-order valence-corrected chi connectivity index (χ1v) is 8.01. The SMILES string of the molecule is Cc1cccc(NC(=O)CNC(=O)C(=O)Nc2ccc(Cl)c(Cl)c2)c1. The van der Waals surface area contributed by atoms with Gasteiger partial charge in [-0.05, 0) is 42.8 Å². The molecule has 0 spiro atoms. The molecule has 0 bridgehead atoms. The molecule has 2 aromatic carbocycles. The van der Waals surface area contributed by atoms with Crippen LogP contribution in [0.5, 0.6) is 0 Å². The van der Waals surface area contributed by atoms with Gasteiger partial charge in [0, 0.05) is 11.4 Å². The molecule has 2 rings (SSSR count). The Morgan fingerprint density at radius 3 is 2.28 bits per heavy atom. The van der Waals surface area contributed by atoms with Crippen molar-refractivity contribution in [1.29, 1.82) is 0 Å². The second kappa shape index (κ2) is 8.50. The van der Waals surface area contributed by atoms with Crippen molar-refractivity contribution in [1.82, 2.24) is 5.32 Å². The van der Waals surface area contributed by atoms with Crippen LogP contribution in [0.1, 0.15) is 5.56 Å². The van der Waals surface area contributed by atoms with Crippen LogP contribution in [0.25, 0.3) is 0 Å². The molecule has 0 saturated heterocycles. The molecule has 0 aliphatic heterocycles. The summed E-state index contributed by atoms with van der Waals surface area (Å²) in [6.45, 7) is 1.56. The zero-order chi connectivity index (χ0) is 18.4. The monoisotopic (exact) mass is 379 g/mol. The maximum atomic E-state index is 11.8.